The molecule has 1 aliphatic heterocycles. The van der Waals surface area contributed by atoms with E-state index in [-0.39, 0.29) is 17.5 Å². The van der Waals surface area contributed by atoms with E-state index in [1.54, 1.807) is 11.8 Å². The van der Waals surface area contributed by atoms with Gasteiger partial charge in [0.15, 0.2) is 5.82 Å². The van der Waals surface area contributed by atoms with Crippen LogP contribution in [0.3, 0.4) is 0 Å². The van der Waals surface area contributed by atoms with E-state index in [1.165, 1.54) is 12.3 Å². The van der Waals surface area contributed by atoms with Crippen LogP contribution in [-0.4, -0.2) is 40.8 Å². The quantitative estimate of drug-likeness (QED) is 0.882. The molecule has 0 spiro atoms. The maximum absolute atomic E-state index is 13.4. The maximum Gasteiger partial charge on any atom is 0.254 e. The van der Waals surface area contributed by atoms with E-state index in [4.69, 9.17) is 0 Å². The van der Waals surface area contributed by atoms with E-state index >= 15 is 0 Å². The number of hydrogen-bond donors (Lipinski definition) is 1. The molecule has 5 nitrogen and oxygen atoms in total. The summed E-state index contributed by atoms with van der Waals surface area (Å²) in [7, 11) is 0. The molecule has 1 aliphatic rings. The summed E-state index contributed by atoms with van der Waals surface area (Å²) < 4.78 is 13.4. The zero-order valence-corrected chi connectivity index (χ0v) is 10.7. The average molecular weight is 265 g/mol. The second kappa shape index (κ2) is 5.77. The van der Waals surface area contributed by atoms with E-state index in [0.29, 0.717) is 13.0 Å². The molecule has 0 aromatic carbocycles. The van der Waals surface area contributed by atoms with Crippen LogP contribution in [0.15, 0.2) is 18.5 Å². The third kappa shape index (κ3) is 3.27. The fourth-order valence-corrected chi connectivity index (χ4v) is 2.13. The van der Waals surface area contributed by atoms with Crippen LogP contribution in [0.25, 0.3) is 0 Å². The summed E-state index contributed by atoms with van der Waals surface area (Å²) in [5.41, 5.74) is -0.0328. The topological polar surface area (TPSA) is 62.3 Å². The Morgan fingerprint density at radius 2 is 2.42 bits per heavy atom. The fourth-order valence-electron chi connectivity index (χ4n) is 2.13. The van der Waals surface area contributed by atoms with Gasteiger partial charge in [-0.2, -0.15) is 0 Å². The molecule has 1 N–H and O–H groups in total. The average Bonchev–Trinajstić information content (AvgIpc) is 2.75. The highest BCUT2D eigenvalue weighted by molar-refractivity contribution is 5.94. The first-order valence-electron chi connectivity index (χ1n) is 6.26. The molecule has 6 heteroatoms. The molecule has 19 heavy (non-hydrogen) atoms. The molecule has 102 valence electrons. The van der Waals surface area contributed by atoms with E-state index < -0.39 is 11.7 Å². The van der Waals surface area contributed by atoms with Crippen molar-refractivity contribution in [2.45, 2.75) is 25.8 Å². The van der Waals surface area contributed by atoms with E-state index in [9.17, 15) is 14.0 Å². The number of amides is 2. The van der Waals surface area contributed by atoms with Gasteiger partial charge in [0.1, 0.15) is 0 Å². The van der Waals surface area contributed by atoms with Crippen LogP contribution >= 0.6 is 0 Å². The largest absolute Gasteiger partial charge is 0.348 e. The molecule has 2 rings (SSSR count). The van der Waals surface area contributed by atoms with Crippen LogP contribution in [0.2, 0.25) is 0 Å². The lowest BCUT2D eigenvalue weighted by Gasteiger charge is -2.21. The van der Waals surface area contributed by atoms with Gasteiger partial charge >= 0.3 is 0 Å². The number of aromatic nitrogens is 1. The normalized spacial score (nSPS) is 16.5. The monoisotopic (exact) mass is 265 g/mol. The first-order chi connectivity index (χ1) is 9.08. The summed E-state index contributed by atoms with van der Waals surface area (Å²) in [4.78, 5) is 28.6. The van der Waals surface area contributed by atoms with E-state index in [2.05, 4.69) is 10.3 Å². The minimum Gasteiger partial charge on any atom is -0.348 e. The van der Waals surface area contributed by atoms with Crippen LogP contribution in [0.5, 0.6) is 0 Å². The van der Waals surface area contributed by atoms with Gasteiger partial charge in [-0.25, -0.2) is 4.39 Å². The molecular formula is C13H16FN3O2. The molecule has 0 radical (unpaired) electrons. The molecule has 1 atom stereocenters. The molecular weight excluding hydrogens is 249 g/mol. The number of hydrogen-bond acceptors (Lipinski definition) is 3. The second-order valence-corrected chi connectivity index (χ2v) is 4.67. The third-order valence-electron chi connectivity index (χ3n) is 3.06. The van der Waals surface area contributed by atoms with Gasteiger partial charge in [0.05, 0.1) is 11.8 Å². The van der Waals surface area contributed by atoms with Crippen LogP contribution in [0.1, 0.15) is 30.1 Å². The molecule has 1 aromatic heterocycles. The predicted molar refractivity (Wildman–Crippen MR) is 66.9 cm³/mol. The summed E-state index contributed by atoms with van der Waals surface area (Å²) in [6.45, 7) is 2.97. The van der Waals surface area contributed by atoms with Crippen molar-refractivity contribution in [1.82, 2.24) is 15.2 Å². The van der Waals surface area contributed by atoms with Gasteiger partial charge in [-0.3, -0.25) is 14.6 Å². The summed E-state index contributed by atoms with van der Waals surface area (Å²) in [5.74, 6) is -1.03. The Hall–Kier alpha value is -1.98. The first-order valence-corrected chi connectivity index (χ1v) is 6.26. The van der Waals surface area contributed by atoms with Gasteiger partial charge < -0.3 is 10.2 Å². The third-order valence-corrected chi connectivity index (χ3v) is 3.06. The van der Waals surface area contributed by atoms with Crippen molar-refractivity contribution in [1.29, 1.82) is 0 Å². The molecule has 0 saturated carbocycles. The van der Waals surface area contributed by atoms with Crippen molar-refractivity contribution >= 4 is 11.8 Å². The SMILES string of the molecule is CC(CN1CCCC1=O)NC(=O)c1ccncc1F. The molecule has 0 aliphatic carbocycles. The highest BCUT2D eigenvalue weighted by Crippen LogP contribution is 2.10. The number of pyridine rings is 1. The zero-order valence-electron chi connectivity index (χ0n) is 10.7. The van der Waals surface area contributed by atoms with Crippen LogP contribution in [0.4, 0.5) is 4.39 Å². The number of carbonyl (C=O) groups excluding carboxylic acids is 2. The lowest BCUT2D eigenvalue weighted by atomic mass is 10.2. The van der Waals surface area contributed by atoms with Crippen molar-refractivity contribution < 1.29 is 14.0 Å². The number of nitrogens with one attached hydrogen (secondary N) is 1. The number of rotatable bonds is 4. The summed E-state index contributed by atoms with van der Waals surface area (Å²) >= 11 is 0. The number of carbonyl (C=O) groups is 2. The summed E-state index contributed by atoms with van der Waals surface area (Å²) in [5, 5.41) is 2.68. The summed E-state index contributed by atoms with van der Waals surface area (Å²) in [6, 6.07) is 1.11. The van der Waals surface area contributed by atoms with Crippen molar-refractivity contribution in [3.8, 4) is 0 Å². The van der Waals surface area contributed by atoms with Gasteiger partial charge in [-0.15, -0.1) is 0 Å². The Balaban J connectivity index is 1.92. The predicted octanol–water partition coefficient (Wildman–Crippen LogP) is 0.961. The fraction of sp³-hybridized carbons (Fsp3) is 0.462. The maximum atomic E-state index is 13.4. The molecule has 1 saturated heterocycles. The minimum atomic E-state index is -0.649. The zero-order chi connectivity index (χ0) is 13.8. The Kier molecular flexibility index (Phi) is 4.09. The molecule has 1 unspecified atom stereocenters. The molecule has 1 fully saturated rings. The summed E-state index contributed by atoms with van der Waals surface area (Å²) in [6.07, 6.45) is 3.80. The molecule has 2 amide bonds. The smallest absolute Gasteiger partial charge is 0.254 e. The lowest BCUT2D eigenvalue weighted by Crippen LogP contribution is -2.42. The van der Waals surface area contributed by atoms with Gasteiger partial charge in [-0.05, 0) is 19.4 Å². The van der Waals surface area contributed by atoms with Crippen molar-refractivity contribution in [3.63, 3.8) is 0 Å². The highest BCUT2D eigenvalue weighted by Gasteiger charge is 2.23. The van der Waals surface area contributed by atoms with Crippen LogP contribution in [0, 0.1) is 5.82 Å². The van der Waals surface area contributed by atoms with Crippen LogP contribution in [-0.2, 0) is 4.79 Å². The van der Waals surface area contributed by atoms with Crippen LogP contribution < -0.4 is 5.32 Å². The van der Waals surface area contributed by atoms with Gasteiger partial charge in [0, 0.05) is 31.7 Å². The minimum absolute atomic E-state index is 0.0328. The Morgan fingerprint density at radius 1 is 1.63 bits per heavy atom. The molecule has 1 aromatic rings. The first kappa shape index (κ1) is 13.5. The van der Waals surface area contributed by atoms with Crippen molar-refractivity contribution in [2.75, 3.05) is 13.1 Å². The standard InChI is InChI=1S/C13H16FN3O2/c1-9(8-17-6-2-3-12(17)18)16-13(19)10-4-5-15-7-11(10)14/h4-5,7,9H,2-3,6,8H2,1H3,(H,16,19). The van der Waals surface area contributed by atoms with E-state index in [1.807, 2.05) is 0 Å². The Morgan fingerprint density at radius 3 is 3.05 bits per heavy atom. The van der Waals surface area contributed by atoms with E-state index in [0.717, 1.165) is 19.2 Å². The Labute approximate surface area is 110 Å². The van der Waals surface area contributed by atoms with Gasteiger partial charge in [-0.1, -0.05) is 0 Å². The second-order valence-electron chi connectivity index (χ2n) is 4.67. The lowest BCUT2D eigenvalue weighted by molar-refractivity contribution is -0.127. The van der Waals surface area contributed by atoms with Crippen molar-refractivity contribution in [2.24, 2.45) is 0 Å². The number of halogens is 1. The molecule has 2 heterocycles. The highest BCUT2D eigenvalue weighted by atomic mass is 19.1. The number of nitrogens with zero attached hydrogens (tertiary/aromatic N) is 2. The van der Waals surface area contributed by atoms with Crippen molar-refractivity contribution in [3.05, 3.63) is 29.8 Å². The molecule has 0 bridgehead atoms. The van der Waals surface area contributed by atoms with Gasteiger partial charge in [0.2, 0.25) is 5.91 Å². The Bertz CT molecular complexity index is 493. The van der Waals surface area contributed by atoms with Gasteiger partial charge in [0.25, 0.3) is 5.91 Å². The number of likely N-dealkylation sites (tertiary alicyclic amines) is 1.